The molecule has 0 atom stereocenters. The highest BCUT2D eigenvalue weighted by Crippen LogP contribution is 2.12. The number of hydrogen-bond acceptors (Lipinski definition) is 2. The van der Waals surface area contributed by atoms with Crippen molar-refractivity contribution in [1.29, 1.82) is 0 Å². The van der Waals surface area contributed by atoms with Crippen molar-refractivity contribution in [1.82, 2.24) is 10.2 Å². The number of rotatable bonds is 0. The van der Waals surface area contributed by atoms with E-state index in [1.165, 1.54) is 13.1 Å². The molecule has 0 bridgehead atoms. The van der Waals surface area contributed by atoms with Crippen LogP contribution >= 0.6 is 0 Å². The highest BCUT2D eigenvalue weighted by Gasteiger charge is 2.11. The molecule has 1 heterocycles. The van der Waals surface area contributed by atoms with Crippen molar-refractivity contribution < 1.29 is 17.6 Å². The molecule has 0 radical (unpaired) electrons. The van der Waals surface area contributed by atoms with Crippen molar-refractivity contribution in [2.24, 2.45) is 0 Å². The predicted molar refractivity (Wildman–Crippen MR) is 63.4 cm³/mol. The average molecular weight is 266 g/mol. The lowest BCUT2D eigenvalue weighted by Gasteiger charge is -2.21. The number of halogens is 4. The molecular weight excluding hydrogens is 248 g/mol. The van der Waals surface area contributed by atoms with E-state index in [9.17, 15) is 17.6 Å². The third-order valence-electron chi connectivity index (χ3n) is 2.33. The fraction of sp³-hybridized carbons (Fsp3) is 0.500. The summed E-state index contributed by atoms with van der Waals surface area (Å²) in [5.41, 5.74) is 0. The van der Waals surface area contributed by atoms with Crippen LogP contribution in [0.5, 0.6) is 0 Å². The minimum atomic E-state index is -1.78. The first-order valence-electron chi connectivity index (χ1n) is 5.20. The zero-order chi connectivity index (χ0) is 12.8. The lowest BCUT2D eigenvalue weighted by atomic mass is 10.3. The van der Waals surface area contributed by atoms with Gasteiger partial charge in [0.05, 0.1) is 0 Å². The molecule has 1 aliphatic rings. The van der Waals surface area contributed by atoms with Gasteiger partial charge < -0.3 is 10.2 Å². The predicted octanol–water partition coefficient (Wildman–Crippen LogP) is 2.40. The zero-order valence-corrected chi connectivity index (χ0v) is 9.44. The molecule has 2 rings (SSSR count). The summed E-state index contributed by atoms with van der Waals surface area (Å²) in [6, 6.07) is 1.04. The molecule has 1 aliphatic heterocycles. The SMILES string of the molecule is C.CN1CCNCC1.Fc1ccc(F)c(F)c1F. The summed E-state index contributed by atoms with van der Waals surface area (Å²) >= 11 is 0. The average Bonchev–Trinajstić information content (AvgIpc) is 2.33. The molecule has 0 unspecified atom stereocenters. The van der Waals surface area contributed by atoms with Gasteiger partial charge in [0.1, 0.15) is 0 Å². The van der Waals surface area contributed by atoms with Crippen LogP contribution in [-0.4, -0.2) is 38.1 Å². The topological polar surface area (TPSA) is 15.3 Å². The van der Waals surface area contributed by atoms with Crippen molar-refractivity contribution in [3.8, 4) is 0 Å². The molecule has 2 nitrogen and oxygen atoms in total. The largest absolute Gasteiger partial charge is 0.314 e. The number of likely N-dealkylation sites (N-methyl/N-ethyl adjacent to an activating group) is 1. The Labute approximate surface area is 105 Å². The molecule has 1 saturated heterocycles. The molecule has 1 aromatic carbocycles. The van der Waals surface area contributed by atoms with E-state index in [1.807, 2.05) is 0 Å². The highest BCUT2D eigenvalue weighted by molar-refractivity contribution is 5.10. The lowest BCUT2D eigenvalue weighted by Crippen LogP contribution is -2.40. The van der Waals surface area contributed by atoms with Crippen LogP contribution in [0, 0.1) is 23.3 Å². The van der Waals surface area contributed by atoms with Gasteiger partial charge in [-0.1, -0.05) is 7.43 Å². The van der Waals surface area contributed by atoms with Crippen LogP contribution in [0.4, 0.5) is 17.6 Å². The van der Waals surface area contributed by atoms with Crippen LogP contribution in [0.3, 0.4) is 0 Å². The molecule has 0 amide bonds. The van der Waals surface area contributed by atoms with E-state index >= 15 is 0 Å². The van der Waals surface area contributed by atoms with E-state index in [2.05, 4.69) is 17.3 Å². The van der Waals surface area contributed by atoms with Crippen LogP contribution in [0.2, 0.25) is 0 Å². The van der Waals surface area contributed by atoms with E-state index in [-0.39, 0.29) is 7.43 Å². The minimum absolute atomic E-state index is 0. The highest BCUT2D eigenvalue weighted by atomic mass is 19.2. The van der Waals surface area contributed by atoms with Crippen LogP contribution in [0.25, 0.3) is 0 Å². The third-order valence-corrected chi connectivity index (χ3v) is 2.33. The number of nitrogens with one attached hydrogen (secondary N) is 1. The van der Waals surface area contributed by atoms with E-state index in [1.54, 1.807) is 0 Å². The Kier molecular flexibility index (Phi) is 7.54. The smallest absolute Gasteiger partial charge is 0.197 e. The summed E-state index contributed by atoms with van der Waals surface area (Å²) in [4.78, 5) is 2.33. The maximum Gasteiger partial charge on any atom is 0.197 e. The number of piperazine rings is 1. The summed E-state index contributed by atoms with van der Waals surface area (Å²) in [6.45, 7) is 4.74. The maximum atomic E-state index is 12.0. The number of nitrogens with zero attached hydrogens (tertiary/aromatic N) is 1. The molecule has 0 spiro atoms. The van der Waals surface area contributed by atoms with Gasteiger partial charge in [0, 0.05) is 26.2 Å². The second-order valence-corrected chi connectivity index (χ2v) is 3.71. The van der Waals surface area contributed by atoms with E-state index in [0.717, 1.165) is 13.1 Å². The second kappa shape index (κ2) is 8.05. The van der Waals surface area contributed by atoms with E-state index in [4.69, 9.17) is 0 Å². The van der Waals surface area contributed by atoms with Gasteiger partial charge in [0.15, 0.2) is 23.3 Å². The lowest BCUT2D eigenvalue weighted by molar-refractivity contribution is 0.291. The molecular formula is C12H18F4N2. The molecule has 104 valence electrons. The summed E-state index contributed by atoms with van der Waals surface area (Å²) in [5, 5.41) is 3.27. The van der Waals surface area contributed by atoms with E-state index in [0.29, 0.717) is 12.1 Å². The van der Waals surface area contributed by atoms with Gasteiger partial charge in [-0.05, 0) is 19.2 Å². The third kappa shape index (κ3) is 5.01. The number of benzene rings is 1. The monoisotopic (exact) mass is 266 g/mol. The van der Waals surface area contributed by atoms with Gasteiger partial charge in [-0.25, -0.2) is 17.6 Å². The van der Waals surface area contributed by atoms with E-state index < -0.39 is 23.3 Å². The summed E-state index contributed by atoms with van der Waals surface area (Å²) in [5.74, 6) is -6.34. The van der Waals surface area contributed by atoms with Crippen LogP contribution in [0.1, 0.15) is 7.43 Å². The summed E-state index contributed by atoms with van der Waals surface area (Å²) in [7, 11) is 2.15. The van der Waals surface area contributed by atoms with Crippen molar-refractivity contribution in [3.05, 3.63) is 35.4 Å². The normalized spacial score (nSPS) is 15.4. The summed E-state index contributed by atoms with van der Waals surface area (Å²) in [6.07, 6.45) is 0. The molecule has 0 aliphatic carbocycles. The van der Waals surface area contributed by atoms with Gasteiger partial charge >= 0.3 is 0 Å². The Morgan fingerprint density at radius 2 is 1.33 bits per heavy atom. The fourth-order valence-corrected chi connectivity index (χ4v) is 1.28. The number of hydrogen-bond donors (Lipinski definition) is 1. The second-order valence-electron chi connectivity index (χ2n) is 3.71. The first kappa shape index (κ1) is 16.9. The van der Waals surface area contributed by atoms with Crippen LogP contribution in [-0.2, 0) is 0 Å². The summed E-state index contributed by atoms with van der Waals surface area (Å²) < 4.78 is 48.0. The van der Waals surface area contributed by atoms with Crippen LogP contribution in [0.15, 0.2) is 12.1 Å². The van der Waals surface area contributed by atoms with Crippen molar-refractivity contribution in [3.63, 3.8) is 0 Å². The Bertz CT molecular complexity index is 338. The standard InChI is InChI=1S/C6H2F4.C5H12N2.CH4/c7-3-1-2-4(8)6(10)5(3)9;1-7-4-2-6-3-5-7;/h1-2H;6H,2-5H2,1H3;1H4. The van der Waals surface area contributed by atoms with Gasteiger partial charge in [0.2, 0.25) is 0 Å². The van der Waals surface area contributed by atoms with Crippen molar-refractivity contribution >= 4 is 0 Å². The first-order valence-corrected chi connectivity index (χ1v) is 5.20. The molecule has 1 aromatic rings. The Morgan fingerprint density at radius 3 is 1.61 bits per heavy atom. The van der Waals surface area contributed by atoms with Crippen molar-refractivity contribution in [2.75, 3.05) is 33.2 Å². The fourth-order valence-electron chi connectivity index (χ4n) is 1.28. The van der Waals surface area contributed by atoms with Gasteiger partial charge in [-0.3, -0.25) is 0 Å². The first-order chi connectivity index (χ1) is 8.02. The Morgan fingerprint density at radius 1 is 0.944 bits per heavy atom. The zero-order valence-electron chi connectivity index (χ0n) is 9.44. The van der Waals surface area contributed by atoms with Crippen molar-refractivity contribution in [2.45, 2.75) is 7.43 Å². The molecule has 0 aromatic heterocycles. The molecule has 6 heteroatoms. The Hall–Kier alpha value is -1.14. The van der Waals surface area contributed by atoms with Gasteiger partial charge in [-0.2, -0.15) is 0 Å². The minimum Gasteiger partial charge on any atom is -0.314 e. The molecule has 1 N–H and O–H groups in total. The van der Waals surface area contributed by atoms with Gasteiger partial charge in [0.25, 0.3) is 0 Å². The van der Waals surface area contributed by atoms with Crippen LogP contribution < -0.4 is 5.32 Å². The molecule has 18 heavy (non-hydrogen) atoms. The maximum absolute atomic E-state index is 12.0. The molecule has 1 fully saturated rings. The molecule has 0 saturated carbocycles. The quantitative estimate of drug-likeness (QED) is 0.441. The Balaban J connectivity index is 0.000000321. The van der Waals surface area contributed by atoms with Gasteiger partial charge in [-0.15, -0.1) is 0 Å².